The minimum atomic E-state index is -1.02. The lowest BCUT2D eigenvalue weighted by Crippen LogP contribution is -2.49. The fourth-order valence-electron chi connectivity index (χ4n) is 1.41. The van der Waals surface area contributed by atoms with Gasteiger partial charge < -0.3 is 10.4 Å². The molecule has 7 nitrogen and oxygen atoms in total. The zero-order valence-electron chi connectivity index (χ0n) is 8.84. The van der Waals surface area contributed by atoms with Crippen molar-refractivity contribution in [3.8, 4) is 0 Å². The average Bonchev–Trinajstić information content (AvgIpc) is 2.29. The van der Waals surface area contributed by atoms with Crippen LogP contribution in [0.25, 0.3) is 0 Å². The third-order valence-electron chi connectivity index (χ3n) is 2.08. The normalized spacial score (nSPS) is 22.6. The van der Waals surface area contributed by atoms with Crippen LogP contribution in [-0.4, -0.2) is 30.1 Å². The van der Waals surface area contributed by atoms with Crippen molar-refractivity contribution in [3.63, 3.8) is 0 Å². The molecule has 0 aromatic heterocycles. The predicted octanol–water partition coefficient (Wildman–Crippen LogP) is 0.208. The quantitative estimate of drug-likeness (QED) is 0.623. The zero-order valence-corrected chi connectivity index (χ0v) is 8.84. The van der Waals surface area contributed by atoms with E-state index in [1.165, 1.54) is 0 Å². The van der Waals surface area contributed by atoms with E-state index in [0.29, 0.717) is 0 Å². The van der Waals surface area contributed by atoms with E-state index in [-0.39, 0.29) is 6.04 Å². The van der Waals surface area contributed by atoms with Gasteiger partial charge in [-0.25, -0.2) is 0 Å². The maximum absolute atomic E-state index is 9.87. The molecule has 0 bridgehead atoms. The first-order chi connectivity index (χ1) is 7.29. The van der Waals surface area contributed by atoms with Gasteiger partial charge in [0.1, 0.15) is 6.10 Å². The molecule has 0 radical (unpaired) electrons. The Morgan fingerprint density at radius 1 is 1.20 bits per heavy atom. The van der Waals surface area contributed by atoms with Crippen LogP contribution in [-0.2, 0) is 24.9 Å². The molecule has 7 heteroatoms. The number of rotatable bonds is 6. The predicted molar refractivity (Wildman–Crippen MR) is 47.6 cm³/mol. The van der Waals surface area contributed by atoms with Crippen molar-refractivity contribution in [3.05, 3.63) is 0 Å². The van der Waals surface area contributed by atoms with Gasteiger partial charge in [0.05, 0.1) is 0 Å². The van der Waals surface area contributed by atoms with Crippen molar-refractivity contribution < 1.29 is 30.0 Å². The second-order valence-electron chi connectivity index (χ2n) is 3.21. The Kier molecular flexibility index (Phi) is 6.03. The van der Waals surface area contributed by atoms with Gasteiger partial charge in [0.25, 0.3) is 6.29 Å². The van der Waals surface area contributed by atoms with E-state index in [4.69, 9.17) is 0 Å². The highest BCUT2D eigenvalue weighted by Gasteiger charge is 2.33. The summed E-state index contributed by atoms with van der Waals surface area (Å²) in [6.07, 6.45) is -0.193. The van der Waals surface area contributed by atoms with E-state index < -0.39 is 12.4 Å². The lowest BCUT2D eigenvalue weighted by Gasteiger charge is -2.28. The van der Waals surface area contributed by atoms with Crippen LogP contribution < -0.4 is 5.32 Å². The molecule has 0 saturated carbocycles. The van der Waals surface area contributed by atoms with Crippen molar-refractivity contribution in [2.75, 3.05) is 6.54 Å². The van der Waals surface area contributed by atoms with Crippen LogP contribution in [0.1, 0.15) is 26.7 Å². The van der Waals surface area contributed by atoms with E-state index >= 15 is 0 Å². The molecule has 1 fully saturated rings. The Hall–Kier alpha value is -0.280. The Morgan fingerprint density at radius 2 is 1.87 bits per heavy atom. The average molecular weight is 223 g/mol. The lowest BCUT2D eigenvalue weighted by molar-refractivity contribution is -0.789. The van der Waals surface area contributed by atoms with E-state index in [1.807, 2.05) is 13.8 Å². The fraction of sp³-hybridized carbons (Fsp3) is 1.00. The maximum atomic E-state index is 9.87. The number of hydrogen-bond donors (Lipinski definition) is 2. The molecule has 1 aliphatic heterocycles. The molecular formula is C8H17NO6. The fourth-order valence-corrected chi connectivity index (χ4v) is 1.41. The van der Waals surface area contributed by atoms with Gasteiger partial charge in [0.15, 0.2) is 0 Å². The highest BCUT2D eigenvalue weighted by atomic mass is 17.8. The van der Waals surface area contributed by atoms with E-state index in [0.717, 1.165) is 19.4 Å². The molecule has 0 aliphatic carbocycles. The molecule has 1 aliphatic rings. The number of aliphatic hydroxyl groups is 1. The van der Waals surface area contributed by atoms with Crippen molar-refractivity contribution in [2.24, 2.45) is 0 Å². The number of aliphatic hydroxyl groups excluding tert-OH is 1. The van der Waals surface area contributed by atoms with Gasteiger partial charge in [0, 0.05) is 6.04 Å². The summed E-state index contributed by atoms with van der Waals surface area (Å²) in [6, 6.07) is -0.143. The van der Waals surface area contributed by atoms with Crippen molar-refractivity contribution in [1.82, 2.24) is 5.32 Å². The van der Waals surface area contributed by atoms with E-state index in [9.17, 15) is 5.11 Å². The summed E-state index contributed by atoms with van der Waals surface area (Å²) in [5.74, 6) is 0. The monoisotopic (exact) mass is 223 g/mol. The summed E-state index contributed by atoms with van der Waals surface area (Å²) >= 11 is 0. The molecule has 1 saturated heterocycles. The largest absolute Gasteiger partial charge is 0.386 e. The minimum absolute atomic E-state index is 0.143. The van der Waals surface area contributed by atoms with Crippen molar-refractivity contribution in [1.29, 1.82) is 0 Å². The first kappa shape index (κ1) is 12.8. The van der Waals surface area contributed by atoms with Gasteiger partial charge in [-0.3, -0.25) is 0 Å². The van der Waals surface area contributed by atoms with Crippen LogP contribution in [0.3, 0.4) is 0 Å². The molecule has 1 heterocycles. The molecule has 2 unspecified atom stereocenters. The summed E-state index contributed by atoms with van der Waals surface area (Å²) in [5, 5.41) is 25.0. The Bertz CT molecular complexity index is 157. The number of hydrogen-bond acceptors (Lipinski definition) is 7. The molecule has 0 aromatic carbocycles. The first-order valence-electron chi connectivity index (χ1n) is 5.03. The highest BCUT2D eigenvalue weighted by Crippen LogP contribution is 2.14. The van der Waals surface area contributed by atoms with Crippen molar-refractivity contribution >= 4 is 0 Å². The minimum Gasteiger partial charge on any atom is -0.386 e. The van der Waals surface area contributed by atoms with Crippen LogP contribution in [0.4, 0.5) is 0 Å². The number of nitrogens with one attached hydrogen (secondary N) is 1. The first-order valence-corrected chi connectivity index (χ1v) is 5.03. The Balaban J connectivity index is 2.41. The Labute approximate surface area is 87.9 Å². The molecule has 0 amide bonds. The van der Waals surface area contributed by atoms with Gasteiger partial charge in [0.2, 0.25) is 0 Å². The molecule has 90 valence electrons. The Morgan fingerprint density at radius 3 is 2.40 bits per heavy atom. The molecule has 15 heavy (non-hydrogen) atoms. The topological polar surface area (TPSA) is 78.4 Å². The van der Waals surface area contributed by atoms with Crippen LogP contribution in [0.2, 0.25) is 0 Å². The van der Waals surface area contributed by atoms with Crippen LogP contribution in [0.15, 0.2) is 0 Å². The van der Waals surface area contributed by atoms with Gasteiger partial charge in [-0.05, 0) is 28.1 Å². The van der Waals surface area contributed by atoms with Gasteiger partial charge in [-0.15, -0.1) is 0 Å². The second-order valence-corrected chi connectivity index (χ2v) is 3.21. The molecule has 2 N–H and O–H groups in total. The molecule has 1 rings (SSSR count). The SMILES string of the molecule is CCCC(NCC)C(O)C1OOOOO1. The smallest absolute Gasteiger partial charge is 0.257 e. The highest BCUT2D eigenvalue weighted by molar-refractivity contribution is 4.77. The van der Waals surface area contributed by atoms with Crippen LogP contribution >= 0.6 is 0 Å². The standard InChI is InChI=1S/C8H17NO6/c1-3-5-6(9-4-2)7(10)8-11-13-15-14-12-8/h6-10H,3-5H2,1-2H3. The second kappa shape index (κ2) is 7.07. The van der Waals surface area contributed by atoms with Gasteiger partial charge in [-0.1, -0.05) is 20.3 Å². The van der Waals surface area contributed by atoms with Crippen molar-refractivity contribution in [2.45, 2.75) is 45.1 Å². The van der Waals surface area contributed by atoms with Gasteiger partial charge in [-0.2, -0.15) is 9.78 Å². The van der Waals surface area contributed by atoms with Crippen LogP contribution in [0, 0.1) is 0 Å². The molecule has 0 aromatic rings. The van der Waals surface area contributed by atoms with E-state index in [2.05, 4.69) is 30.2 Å². The lowest BCUT2D eigenvalue weighted by atomic mass is 10.1. The van der Waals surface area contributed by atoms with Crippen LogP contribution in [0.5, 0.6) is 0 Å². The summed E-state index contributed by atoms with van der Waals surface area (Å²) in [4.78, 5) is 9.11. The summed E-state index contributed by atoms with van der Waals surface area (Å²) in [5.41, 5.74) is 0. The molecular weight excluding hydrogens is 206 g/mol. The summed E-state index contributed by atoms with van der Waals surface area (Å²) < 4.78 is 0. The molecule has 2 atom stereocenters. The van der Waals surface area contributed by atoms with Gasteiger partial charge >= 0.3 is 0 Å². The maximum Gasteiger partial charge on any atom is 0.257 e. The molecule has 0 spiro atoms. The third kappa shape index (κ3) is 3.99. The van der Waals surface area contributed by atoms with E-state index in [1.54, 1.807) is 0 Å². The summed E-state index contributed by atoms with van der Waals surface area (Å²) in [7, 11) is 0. The zero-order chi connectivity index (χ0) is 11.1. The number of likely N-dealkylation sites (N-methyl/N-ethyl adjacent to an activating group) is 1. The summed E-state index contributed by atoms with van der Waals surface area (Å²) in [6.45, 7) is 4.72. The third-order valence-corrected chi connectivity index (χ3v) is 2.08.